The average Bonchev–Trinajstić information content (AvgIpc) is 2.97. The van der Waals surface area contributed by atoms with Gasteiger partial charge in [0.15, 0.2) is 5.69 Å². The van der Waals surface area contributed by atoms with Crippen molar-refractivity contribution < 1.29 is 32.3 Å². The zero-order valence-corrected chi connectivity index (χ0v) is 12.7. The van der Waals surface area contributed by atoms with Gasteiger partial charge in [-0.3, -0.25) is 9.59 Å². The zero-order valence-electron chi connectivity index (χ0n) is 12.7. The van der Waals surface area contributed by atoms with Crippen LogP contribution in [0.25, 0.3) is 5.69 Å². The second-order valence-corrected chi connectivity index (χ2v) is 5.05. The Morgan fingerprint density at radius 1 is 1.20 bits per heavy atom. The minimum Gasteiger partial charge on any atom is -0.481 e. The van der Waals surface area contributed by atoms with Crippen LogP contribution in [0.2, 0.25) is 0 Å². The predicted molar refractivity (Wildman–Crippen MR) is 77.7 cm³/mol. The molecular formula is C15H13F4N3O3. The van der Waals surface area contributed by atoms with Gasteiger partial charge in [0.25, 0.3) is 5.91 Å². The van der Waals surface area contributed by atoms with Gasteiger partial charge in [0.05, 0.1) is 17.4 Å². The zero-order chi connectivity index (χ0) is 18.6. The maximum absolute atomic E-state index is 13.4. The lowest BCUT2D eigenvalue weighted by atomic mass is 10.2. The minimum absolute atomic E-state index is 0.0568. The first kappa shape index (κ1) is 18.4. The van der Waals surface area contributed by atoms with Crippen molar-refractivity contribution >= 4 is 11.9 Å². The lowest BCUT2D eigenvalue weighted by Gasteiger charge is -2.12. The van der Waals surface area contributed by atoms with Crippen LogP contribution in [0.1, 0.15) is 28.9 Å². The Bertz CT molecular complexity index is 769. The third-order valence-corrected chi connectivity index (χ3v) is 3.21. The molecule has 2 rings (SSSR count). The fourth-order valence-electron chi connectivity index (χ4n) is 2.10. The Hall–Kier alpha value is -2.91. The third-order valence-electron chi connectivity index (χ3n) is 3.21. The van der Waals surface area contributed by atoms with Crippen molar-refractivity contribution in [2.24, 2.45) is 0 Å². The molecule has 0 unspecified atom stereocenters. The monoisotopic (exact) mass is 359 g/mol. The molecule has 0 aliphatic carbocycles. The summed E-state index contributed by atoms with van der Waals surface area (Å²) in [6, 6.07) is 4.16. The highest BCUT2D eigenvalue weighted by Crippen LogP contribution is 2.33. The van der Waals surface area contributed by atoms with E-state index >= 15 is 0 Å². The summed E-state index contributed by atoms with van der Waals surface area (Å²) in [5.41, 5.74) is -2.05. The molecule has 0 spiro atoms. The second kappa shape index (κ2) is 7.32. The molecule has 1 amide bonds. The molecular weight excluding hydrogens is 346 g/mol. The van der Waals surface area contributed by atoms with Crippen LogP contribution in [0.4, 0.5) is 17.6 Å². The van der Waals surface area contributed by atoms with Crippen molar-refractivity contribution in [3.63, 3.8) is 0 Å². The molecule has 0 atom stereocenters. The smallest absolute Gasteiger partial charge is 0.434 e. The Balaban J connectivity index is 2.28. The summed E-state index contributed by atoms with van der Waals surface area (Å²) in [6.45, 7) is -0.0931. The number of carbonyl (C=O) groups excluding carboxylic acids is 1. The van der Waals surface area contributed by atoms with Crippen molar-refractivity contribution in [1.82, 2.24) is 15.1 Å². The normalized spacial score (nSPS) is 11.4. The van der Waals surface area contributed by atoms with E-state index in [1.165, 1.54) is 0 Å². The van der Waals surface area contributed by atoms with Crippen LogP contribution in [0, 0.1) is 5.82 Å². The summed E-state index contributed by atoms with van der Waals surface area (Å²) < 4.78 is 53.6. The number of amides is 1. The van der Waals surface area contributed by atoms with Gasteiger partial charge in [-0.25, -0.2) is 9.07 Å². The number of hydrogen-bond acceptors (Lipinski definition) is 3. The fourth-order valence-corrected chi connectivity index (χ4v) is 2.10. The van der Waals surface area contributed by atoms with Gasteiger partial charge < -0.3 is 10.4 Å². The standard InChI is InChI=1S/C15H13F4N3O3/c16-9-3-5-10(6-4-9)22-13(15(17,18)19)11(8-21-22)14(25)20-7-1-2-12(23)24/h3-6,8H,1-2,7H2,(H,20,25)(H,23,24). The number of carbonyl (C=O) groups is 2. The molecule has 0 aliphatic rings. The molecule has 0 saturated carbocycles. The fraction of sp³-hybridized carbons (Fsp3) is 0.267. The molecule has 0 radical (unpaired) electrons. The van der Waals surface area contributed by atoms with Gasteiger partial charge in [0.1, 0.15) is 5.82 Å². The largest absolute Gasteiger partial charge is 0.481 e. The van der Waals surface area contributed by atoms with Crippen molar-refractivity contribution in [1.29, 1.82) is 0 Å². The summed E-state index contributed by atoms with van der Waals surface area (Å²) in [5.74, 6) is -2.72. The molecule has 1 aromatic heterocycles. The number of alkyl halides is 3. The Morgan fingerprint density at radius 3 is 2.40 bits per heavy atom. The molecule has 0 fully saturated rings. The maximum atomic E-state index is 13.4. The molecule has 2 aromatic rings. The summed E-state index contributed by atoms with van der Waals surface area (Å²) in [5, 5.41) is 14.3. The SMILES string of the molecule is O=C(O)CCCNC(=O)c1cnn(-c2ccc(F)cc2)c1C(F)(F)F. The number of rotatable bonds is 6. The van der Waals surface area contributed by atoms with E-state index < -0.39 is 35.1 Å². The van der Waals surface area contributed by atoms with Gasteiger partial charge in [-0.05, 0) is 30.7 Å². The Kier molecular flexibility index (Phi) is 5.40. The molecule has 25 heavy (non-hydrogen) atoms. The molecule has 1 heterocycles. The average molecular weight is 359 g/mol. The first-order chi connectivity index (χ1) is 11.7. The molecule has 0 aliphatic heterocycles. The van der Waals surface area contributed by atoms with Gasteiger partial charge in [-0.1, -0.05) is 0 Å². The number of hydrogen-bond donors (Lipinski definition) is 2. The van der Waals surface area contributed by atoms with E-state index in [0.717, 1.165) is 30.5 Å². The van der Waals surface area contributed by atoms with E-state index in [1.807, 2.05) is 0 Å². The molecule has 10 heteroatoms. The van der Waals surface area contributed by atoms with Gasteiger partial charge in [-0.2, -0.15) is 18.3 Å². The highest BCUT2D eigenvalue weighted by Gasteiger charge is 2.40. The Morgan fingerprint density at radius 2 is 1.84 bits per heavy atom. The van der Waals surface area contributed by atoms with Gasteiger partial charge in [-0.15, -0.1) is 0 Å². The first-order valence-electron chi connectivity index (χ1n) is 7.11. The van der Waals surface area contributed by atoms with Crippen LogP contribution in [0.5, 0.6) is 0 Å². The van der Waals surface area contributed by atoms with Crippen molar-refractivity contribution in [3.05, 3.63) is 47.5 Å². The van der Waals surface area contributed by atoms with Crippen LogP contribution in [0.3, 0.4) is 0 Å². The van der Waals surface area contributed by atoms with Gasteiger partial charge in [0.2, 0.25) is 0 Å². The first-order valence-corrected chi connectivity index (χ1v) is 7.11. The maximum Gasteiger partial charge on any atom is 0.434 e. The number of nitrogens with zero attached hydrogens (tertiary/aromatic N) is 2. The summed E-state index contributed by atoms with van der Waals surface area (Å²) in [7, 11) is 0. The molecule has 0 bridgehead atoms. The topological polar surface area (TPSA) is 84.2 Å². The number of carboxylic acid groups (broad SMARTS) is 1. The molecule has 1 aromatic carbocycles. The third kappa shape index (κ3) is 4.55. The van der Waals surface area contributed by atoms with E-state index in [9.17, 15) is 27.2 Å². The van der Waals surface area contributed by atoms with Crippen LogP contribution in [-0.2, 0) is 11.0 Å². The number of carboxylic acids is 1. The second-order valence-electron chi connectivity index (χ2n) is 5.05. The number of aromatic nitrogens is 2. The Labute approximate surface area is 139 Å². The number of benzene rings is 1. The lowest BCUT2D eigenvalue weighted by molar-refractivity contribution is -0.143. The number of nitrogens with one attached hydrogen (secondary N) is 1. The van der Waals surface area contributed by atoms with Crippen LogP contribution in [-0.4, -0.2) is 33.3 Å². The van der Waals surface area contributed by atoms with Crippen LogP contribution < -0.4 is 5.32 Å². The molecule has 6 nitrogen and oxygen atoms in total. The van der Waals surface area contributed by atoms with E-state index in [0.29, 0.717) is 4.68 Å². The van der Waals surface area contributed by atoms with Crippen molar-refractivity contribution in [2.75, 3.05) is 6.54 Å². The number of halogens is 4. The molecule has 0 saturated heterocycles. The highest BCUT2D eigenvalue weighted by atomic mass is 19.4. The summed E-state index contributed by atoms with van der Waals surface area (Å²) in [4.78, 5) is 22.4. The van der Waals surface area contributed by atoms with E-state index in [-0.39, 0.29) is 25.1 Å². The van der Waals surface area contributed by atoms with E-state index in [4.69, 9.17) is 5.11 Å². The molecule has 134 valence electrons. The predicted octanol–water partition coefficient (Wildman–Crippen LogP) is 2.62. The quantitative estimate of drug-likeness (QED) is 0.613. The lowest BCUT2D eigenvalue weighted by Crippen LogP contribution is -2.27. The van der Waals surface area contributed by atoms with Gasteiger partial charge >= 0.3 is 12.1 Å². The number of aliphatic carboxylic acids is 1. The minimum atomic E-state index is -4.88. The van der Waals surface area contributed by atoms with Crippen LogP contribution in [0.15, 0.2) is 30.5 Å². The summed E-state index contributed by atoms with van der Waals surface area (Å²) >= 11 is 0. The van der Waals surface area contributed by atoms with Crippen LogP contribution >= 0.6 is 0 Å². The van der Waals surface area contributed by atoms with Crippen molar-refractivity contribution in [3.8, 4) is 5.69 Å². The highest BCUT2D eigenvalue weighted by molar-refractivity contribution is 5.95. The van der Waals surface area contributed by atoms with E-state index in [2.05, 4.69) is 10.4 Å². The van der Waals surface area contributed by atoms with E-state index in [1.54, 1.807) is 0 Å². The molecule has 2 N–H and O–H groups in total. The van der Waals surface area contributed by atoms with Crippen molar-refractivity contribution in [2.45, 2.75) is 19.0 Å². The van der Waals surface area contributed by atoms with Gasteiger partial charge in [0, 0.05) is 13.0 Å². The summed E-state index contributed by atoms with van der Waals surface area (Å²) in [6.07, 6.45) is -4.26.